The number of anilines is 2. The van der Waals surface area contributed by atoms with Crippen molar-refractivity contribution in [2.75, 3.05) is 4.90 Å². The highest BCUT2D eigenvalue weighted by Gasteiger charge is 2.19. The molecule has 1 N–H and O–H groups in total. The molecule has 0 unspecified atom stereocenters. The molecule has 0 spiro atoms. The second kappa shape index (κ2) is 5.10. The van der Waals surface area contributed by atoms with Crippen molar-refractivity contribution in [3.8, 4) is 0 Å². The summed E-state index contributed by atoms with van der Waals surface area (Å²) in [7, 11) is 0. The van der Waals surface area contributed by atoms with Gasteiger partial charge >= 0.3 is 6.09 Å². The van der Waals surface area contributed by atoms with E-state index in [-0.39, 0.29) is 0 Å². The van der Waals surface area contributed by atoms with Gasteiger partial charge in [-0.05, 0) is 36.8 Å². The predicted octanol–water partition coefficient (Wildman–Crippen LogP) is 4.46. The van der Waals surface area contributed by atoms with Crippen LogP contribution in [0.3, 0.4) is 0 Å². The average molecular weight is 262 g/mol. The molecule has 0 atom stereocenters. The normalized spacial score (nSPS) is 10.1. The van der Waals surface area contributed by atoms with Crippen LogP contribution in [0.15, 0.2) is 48.5 Å². The zero-order chi connectivity index (χ0) is 13.1. The lowest BCUT2D eigenvalue weighted by Crippen LogP contribution is -2.24. The number of hydrogen-bond donors (Lipinski definition) is 1. The molecule has 92 valence electrons. The molecule has 0 aliphatic carbocycles. The highest BCUT2D eigenvalue weighted by Crippen LogP contribution is 2.31. The molecule has 3 nitrogen and oxygen atoms in total. The van der Waals surface area contributed by atoms with E-state index in [1.807, 2.05) is 6.07 Å². The Balaban J connectivity index is 2.56. The number of amides is 1. The highest BCUT2D eigenvalue weighted by atomic mass is 35.5. The van der Waals surface area contributed by atoms with Gasteiger partial charge in [0.15, 0.2) is 0 Å². The van der Waals surface area contributed by atoms with Crippen molar-refractivity contribution in [3.05, 3.63) is 59.1 Å². The summed E-state index contributed by atoms with van der Waals surface area (Å²) in [6.07, 6.45) is -1.04. The summed E-state index contributed by atoms with van der Waals surface area (Å²) >= 11 is 6.03. The molecule has 4 heteroatoms. The molecule has 0 radical (unpaired) electrons. The molecule has 0 bridgehead atoms. The monoisotopic (exact) mass is 261 g/mol. The Morgan fingerprint density at radius 3 is 2.39 bits per heavy atom. The number of carbonyl (C=O) groups is 1. The van der Waals surface area contributed by atoms with Crippen molar-refractivity contribution in [1.29, 1.82) is 0 Å². The van der Waals surface area contributed by atoms with Gasteiger partial charge in [0, 0.05) is 5.02 Å². The van der Waals surface area contributed by atoms with Crippen molar-refractivity contribution in [3.63, 3.8) is 0 Å². The van der Waals surface area contributed by atoms with Crippen LogP contribution in [-0.4, -0.2) is 11.2 Å². The quantitative estimate of drug-likeness (QED) is 0.867. The molecule has 0 saturated carbocycles. The fourth-order valence-electron chi connectivity index (χ4n) is 1.77. The number of hydrogen-bond acceptors (Lipinski definition) is 1. The molecule has 0 aliphatic heterocycles. The number of carboxylic acid groups (broad SMARTS) is 1. The summed E-state index contributed by atoms with van der Waals surface area (Å²) in [4.78, 5) is 12.7. The van der Waals surface area contributed by atoms with Crippen LogP contribution < -0.4 is 4.90 Å². The Morgan fingerprint density at radius 1 is 1.11 bits per heavy atom. The van der Waals surface area contributed by atoms with Crippen molar-refractivity contribution in [2.24, 2.45) is 0 Å². The van der Waals surface area contributed by atoms with Crippen molar-refractivity contribution in [1.82, 2.24) is 0 Å². The summed E-state index contributed by atoms with van der Waals surface area (Å²) in [6, 6.07) is 14.1. The minimum absolute atomic E-state index is 0.551. The molecule has 1 amide bonds. The Bertz CT molecular complexity index is 569. The molecule has 0 heterocycles. The van der Waals surface area contributed by atoms with Gasteiger partial charge in [0.05, 0.1) is 11.4 Å². The lowest BCUT2D eigenvalue weighted by atomic mass is 10.1. The first-order valence-corrected chi connectivity index (χ1v) is 5.82. The summed E-state index contributed by atoms with van der Waals surface area (Å²) < 4.78 is 0. The van der Waals surface area contributed by atoms with Crippen molar-refractivity contribution < 1.29 is 9.90 Å². The van der Waals surface area contributed by atoms with Crippen LogP contribution >= 0.6 is 11.6 Å². The number of benzene rings is 2. The molecule has 0 fully saturated rings. The van der Waals surface area contributed by atoms with Gasteiger partial charge in [-0.1, -0.05) is 35.9 Å². The van der Waals surface area contributed by atoms with Crippen molar-refractivity contribution in [2.45, 2.75) is 6.92 Å². The lowest BCUT2D eigenvalue weighted by Gasteiger charge is -2.21. The second-order valence-corrected chi connectivity index (χ2v) is 4.24. The maximum atomic E-state index is 11.4. The summed E-state index contributed by atoms with van der Waals surface area (Å²) in [5, 5.41) is 9.93. The molecule has 18 heavy (non-hydrogen) atoms. The van der Waals surface area contributed by atoms with E-state index in [9.17, 15) is 9.90 Å². The molecule has 0 aliphatic rings. The van der Waals surface area contributed by atoms with E-state index < -0.39 is 6.09 Å². The topological polar surface area (TPSA) is 40.5 Å². The standard InChI is InChI=1S/C14H12ClNO2/c1-10-12(15)8-5-9-13(10)16(14(17)18)11-6-3-2-4-7-11/h2-9H,1H3,(H,17,18). The van der Waals surface area contributed by atoms with E-state index in [4.69, 9.17) is 11.6 Å². The Hall–Kier alpha value is -2.00. The van der Waals surface area contributed by atoms with Crippen LogP contribution in [0, 0.1) is 6.92 Å². The summed E-state index contributed by atoms with van der Waals surface area (Å²) in [5.41, 5.74) is 1.90. The maximum Gasteiger partial charge on any atom is 0.416 e. The molecule has 2 rings (SSSR count). The van der Waals surface area contributed by atoms with E-state index in [2.05, 4.69) is 0 Å². The third kappa shape index (κ3) is 2.31. The van der Waals surface area contributed by atoms with E-state index in [1.165, 1.54) is 4.90 Å². The fourth-order valence-corrected chi connectivity index (χ4v) is 1.94. The fraction of sp³-hybridized carbons (Fsp3) is 0.0714. The molecular formula is C14H12ClNO2. The van der Waals surface area contributed by atoms with Gasteiger partial charge < -0.3 is 5.11 Å². The summed E-state index contributed by atoms with van der Waals surface area (Å²) in [6.45, 7) is 1.80. The largest absolute Gasteiger partial charge is 0.464 e. The first kappa shape index (κ1) is 12.5. The third-order valence-electron chi connectivity index (χ3n) is 2.69. The van der Waals surface area contributed by atoms with Crippen LogP contribution in [0.25, 0.3) is 0 Å². The van der Waals surface area contributed by atoms with Gasteiger partial charge in [0.2, 0.25) is 0 Å². The van der Waals surface area contributed by atoms with Gasteiger partial charge in [-0.3, -0.25) is 0 Å². The number of halogens is 1. The minimum atomic E-state index is -1.04. The van der Waals surface area contributed by atoms with Crippen LogP contribution in [0.5, 0.6) is 0 Å². The molecular weight excluding hydrogens is 250 g/mol. The zero-order valence-corrected chi connectivity index (χ0v) is 10.6. The molecule has 0 saturated heterocycles. The lowest BCUT2D eigenvalue weighted by molar-refractivity contribution is 0.205. The Labute approximate surface area is 110 Å². The van der Waals surface area contributed by atoms with Crippen LogP contribution in [0.4, 0.5) is 16.2 Å². The maximum absolute atomic E-state index is 11.4. The van der Waals surface area contributed by atoms with Gasteiger partial charge in [-0.2, -0.15) is 0 Å². The van der Waals surface area contributed by atoms with Crippen molar-refractivity contribution >= 4 is 29.1 Å². The molecule has 0 aromatic heterocycles. The Kier molecular flexibility index (Phi) is 3.53. The van der Waals surface area contributed by atoms with E-state index in [0.29, 0.717) is 16.4 Å². The van der Waals surface area contributed by atoms with Crippen LogP contribution in [0.2, 0.25) is 5.02 Å². The minimum Gasteiger partial charge on any atom is -0.464 e. The molecule has 2 aromatic carbocycles. The van der Waals surface area contributed by atoms with E-state index >= 15 is 0 Å². The number of para-hydroxylation sites is 1. The SMILES string of the molecule is Cc1c(Cl)cccc1N(C(=O)O)c1ccccc1. The number of nitrogens with zero attached hydrogens (tertiary/aromatic N) is 1. The smallest absolute Gasteiger partial charge is 0.416 e. The summed E-state index contributed by atoms with van der Waals surface area (Å²) in [5.74, 6) is 0. The van der Waals surface area contributed by atoms with Gasteiger partial charge in [0.1, 0.15) is 0 Å². The zero-order valence-electron chi connectivity index (χ0n) is 9.80. The average Bonchev–Trinajstić information content (AvgIpc) is 2.36. The van der Waals surface area contributed by atoms with E-state index in [1.54, 1.807) is 49.4 Å². The van der Waals surface area contributed by atoms with Gasteiger partial charge in [-0.25, -0.2) is 9.69 Å². The second-order valence-electron chi connectivity index (χ2n) is 3.84. The van der Waals surface area contributed by atoms with Crippen LogP contribution in [-0.2, 0) is 0 Å². The van der Waals surface area contributed by atoms with Gasteiger partial charge in [0.25, 0.3) is 0 Å². The Morgan fingerprint density at radius 2 is 1.78 bits per heavy atom. The third-order valence-corrected chi connectivity index (χ3v) is 3.10. The molecule has 2 aromatic rings. The van der Waals surface area contributed by atoms with Crippen LogP contribution in [0.1, 0.15) is 5.56 Å². The van der Waals surface area contributed by atoms with Gasteiger partial charge in [-0.15, -0.1) is 0 Å². The van der Waals surface area contributed by atoms with E-state index in [0.717, 1.165) is 5.56 Å². The first-order valence-electron chi connectivity index (χ1n) is 5.44. The first-order chi connectivity index (χ1) is 8.61. The predicted molar refractivity (Wildman–Crippen MR) is 72.8 cm³/mol. The number of rotatable bonds is 2. The highest BCUT2D eigenvalue weighted by molar-refractivity contribution is 6.31.